The Morgan fingerprint density at radius 3 is 2.77 bits per heavy atom. The lowest BCUT2D eigenvalue weighted by Gasteiger charge is -2.08. The van der Waals surface area contributed by atoms with Gasteiger partial charge < -0.3 is 15.0 Å². The molecule has 1 aliphatic heterocycles. The molecule has 1 aromatic heterocycles. The van der Waals surface area contributed by atoms with Crippen molar-refractivity contribution in [3.63, 3.8) is 0 Å². The van der Waals surface area contributed by atoms with Gasteiger partial charge in [0.25, 0.3) is 0 Å². The van der Waals surface area contributed by atoms with Crippen LogP contribution in [0.5, 0.6) is 5.75 Å². The van der Waals surface area contributed by atoms with Crippen LogP contribution in [0.2, 0.25) is 0 Å². The number of aromatic amines is 1. The molecule has 0 bridgehead atoms. The Morgan fingerprint density at radius 1 is 1.04 bits per heavy atom. The van der Waals surface area contributed by atoms with E-state index in [2.05, 4.69) is 28.5 Å². The van der Waals surface area contributed by atoms with Gasteiger partial charge in [-0.05, 0) is 55.1 Å². The third-order valence-corrected chi connectivity index (χ3v) is 4.86. The second-order valence-electron chi connectivity index (χ2n) is 6.58. The normalized spacial score (nSPS) is 13.7. The zero-order valence-electron chi connectivity index (χ0n) is 14.7. The van der Waals surface area contributed by atoms with E-state index >= 15 is 0 Å². The number of nitrogens with one attached hydrogen (secondary N) is 2. The van der Waals surface area contributed by atoms with E-state index < -0.39 is 0 Å². The average molecular weight is 375 g/mol. The fraction of sp³-hybridized carbons (Fsp3) is 0.333. The summed E-state index contributed by atoms with van der Waals surface area (Å²) in [7, 11) is 0. The topological polar surface area (TPSA) is 37.0 Å². The highest BCUT2D eigenvalue weighted by atomic mass is 35.5. The minimum Gasteiger partial charge on any atom is -0.493 e. The van der Waals surface area contributed by atoms with Crippen molar-refractivity contribution in [2.24, 2.45) is 0 Å². The molecule has 3 nitrogen and oxygen atoms in total. The van der Waals surface area contributed by atoms with Crippen LogP contribution in [0.15, 0.2) is 42.5 Å². The molecule has 4 rings (SSSR count). The summed E-state index contributed by atoms with van der Waals surface area (Å²) in [5.41, 5.74) is 5.47. The Bertz CT molecular complexity index is 878. The fourth-order valence-electron chi connectivity index (χ4n) is 3.71. The molecule has 0 aliphatic carbocycles. The monoisotopic (exact) mass is 374 g/mol. The Hall–Kier alpha value is -2.04. The highest BCUT2D eigenvalue weighted by Crippen LogP contribution is 2.28. The number of halogens is 2. The summed E-state index contributed by atoms with van der Waals surface area (Å²) in [6.07, 6.45) is 4.01. The first-order chi connectivity index (χ1) is 12.3. The number of aryl methyl sites for hydroxylation is 1. The van der Waals surface area contributed by atoms with E-state index in [9.17, 15) is 4.39 Å². The molecule has 0 amide bonds. The minimum atomic E-state index is -0.258. The maximum Gasteiger partial charge on any atom is 0.126 e. The lowest BCUT2D eigenvalue weighted by molar-refractivity contribution is 0.309. The molecular weight excluding hydrogens is 351 g/mol. The maximum atomic E-state index is 13.2. The van der Waals surface area contributed by atoms with Crippen molar-refractivity contribution in [2.45, 2.75) is 25.7 Å². The minimum absolute atomic E-state index is 0. The average Bonchev–Trinajstić information content (AvgIpc) is 2.81. The molecule has 3 aromatic rings. The zero-order chi connectivity index (χ0) is 17.1. The molecule has 0 saturated carbocycles. The lowest BCUT2D eigenvalue weighted by Crippen LogP contribution is -2.16. The molecule has 26 heavy (non-hydrogen) atoms. The number of H-pyrrole nitrogens is 1. The van der Waals surface area contributed by atoms with E-state index in [0.29, 0.717) is 12.4 Å². The van der Waals surface area contributed by atoms with Crippen molar-refractivity contribution in [3.05, 3.63) is 65.1 Å². The van der Waals surface area contributed by atoms with Gasteiger partial charge in [0.15, 0.2) is 0 Å². The van der Waals surface area contributed by atoms with Crippen LogP contribution in [-0.2, 0) is 19.3 Å². The van der Waals surface area contributed by atoms with Crippen LogP contribution in [0.1, 0.15) is 23.2 Å². The summed E-state index contributed by atoms with van der Waals surface area (Å²) >= 11 is 0. The summed E-state index contributed by atoms with van der Waals surface area (Å²) < 4.78 is 18.9. The molecule has 0 fully saturated rings. The number of rotatable bonds is 5. The summed E-state index contributed by atoms with van der Waals surface area (Å²) in [5.74, 6) is 0.339. The molecule has 0 radical (unpaired) electrons. The van der Waals surface area contributed by atoms with Crippen LogP contribution < -0.4 is 10.1 Å². The standard InChI is InChI=1S/C21H23FN2O.ClH/c22-16-6-2-7-17(14-16)25-13-3-5-15-4-1-8-20-21(15)18-9-11-23-12-10-19(18)24-20;/h1-2,4,6-8,14,23-24H,3,5,9-13H2;1H. The van der Waals surface area contributed by atoms with Crippen molar-refractivity contribution in [1.82, 2.24) is 10.3 Å². The van der Waals surface area contributed by atoms with Crippen molar-refractivity contribution in [1.29, 1.82) is 0 Å². The number of aromatic nitrogens is 1. The number of hydrogen-bond acceptors (Lipinski definition) is 2. The van der Waals surface area contributed by atoms with Crippen molar-refractivity contribution in [2.75, 3.05) is 19.7 Å². The summed E-state index contributed by atoms with van der Waals surface area (Å²) in [6.45, 7) is 2.67. The SMILES string of the molecule is Cl.Fc1cccc(OCCCc2cccc3[nH]c4c(c23)CCNCC4)c1. The van der Waals surface area contributed by atoms with Gasteiger partial charge >= 0.3 is 0 Å². The first-order valence-corrected chi connectivity index (χ1v) is 9.01. The van der Waals surface area contributed by atoms with Crippen molar-refractivity contribution < 1.29 is 9.13 Å². The predicted molar refractivity (Wildman–Crippen MR) is 106 cm³/mol. The number of ether oxygens (including phenoxy) is 1. The van der Waals surface area contributed by atoms with Gasteiger partial charge in [0.1, 0.15) is 11.6 Å². The van der Waals surface area contributed by atoms with E-state index in [0.717, 1.165) is 38.8 Å². The van der Waals surface area contributed by atoms with E-state index in [1.54, 1.807) is 12.1 Å². The Labute approximate surface area is 159 Å². The van der Waals surface area contributed by atoms with Gasteiger partial charge in [-0.25, -0.2) is 4.39 Å². The van der Waals surface area contributed by atoms with Crippen molar-refractivity contribution >= 4 is 23.3 Å². The predicted octanol–water partition coefficient (Wildman–Crippen LogP) is 4.43. The molecule has 0 spiro atoms. The van der Waals surface area contributed by atoms with Gasteiger partial charge in [-0.15, -0.1) is 12.4 Å². The molecule has 2 heterocycles. The number of hydrogen-bond donors (Lipinski definition) is 2. The van der Waals surface area contributed by atoms with Gasteiger partial charge in [-0.3, -0.25) is 0 Å². The molecule has 0 atom stereocenters. The molecule has 5 heteroatoms. The summed E-state index contributed by atoms with van der Waals surface area (Å²) in [4.78, 5) is 3.61. The zero-order valence-corrected chi connectivity index (χ0v) is 15.5. The van der Waals surface area contributed by atoms with Gasteiger partial charge in [0.05, 0.1) is 6.61 Å². The van der Waals surface area contributed by atoms with Crippen LogP contribution in [0.3, 0.4) is 0 Å². The van der Waals surface area contributed by atoms with Gasteiger partial charge in [0.2, 0.25) is 0 Å². The molecule has 138 valence electrons. The van der Waals surface area contributed by atoms with Crippen molar-refractivity contribution in [3.8, 4) is 5.75 Å². The number of fused-ring (bicyclic) bond motifs is 3. The molecule has 2 N–H and O–H groups in total. The Balaban J connectivity index is 0.00000196. The van der Waals surface area contributed by atoms with Gasteiger partial charge in [-0.2, -0.15) is 0 Å². The molecule has 1 aliphatic rings. The molecular formula is C21H24ClFN2O. The van der Waals surface area contributed by atoms with E-state index in [1.807, 2.05) is 0 Å². The van der Waals surface area contributed by atoms with Gasteiger partial charge in [-0.1, -0.05) is 18.2 Å². The molecule has 2 aromatic carbocycles. The van der Waals surface area contributed by atoms with Crippen LogP contribution in [0, 0.1) is 5.82 Å². The van der Waals surface area contributed by atoms with E-state index in [1.165, 1.54) is 39.9 Å². The second kappa shape index (κ2) is 8.56. The third kappa shape index (κ3) is 4.02. The lowest BCUT2D eigenvalue weighted by atomic mass is 9.99. The highest BCUT2D eigenvalue weighted by molar-refractivity contribution is 5.88. The Kier molecular flexibility index (Phi) is 6.17. The first kappa shape index (κ1) is 18.7. The van der Waals surface area contributed by atoms with E-state index in [-0.39, 0.29) is 18.2 Å². The third-order valence-electron chi connectivity index (χ3n) is 4.86. The second-order valence-corrected chi connectivity index (χ2v) is 6.58. The number of benzene rings is 2. The fourth-order valence-corrected chi connectivity index (χ4v) is 3.71. The summed E-state index contributed by atoms with van der Waals surface area (Å²) in [6, 6.07) is 12.8. The van der Waals surface area contributed by atoms with Crippen LogP contribution in [0.25, 0.3) is 10.9 Å². The molecule has 0 unspecified atom stereocenters. The summed E-state index contributed by atoms with van der Waals surface area (Å²) in [5, 5.41) is 4.86. The Morgan fingerprint density at radius 2 is 1.88 bits per heavy atom. The van der Waals surface area contributed by atoms with Crippen LogP contribution in [0.4, 0.5) is 4.39 Å². The quantitative estimate of drug-likeness (QED) is 0.648. The van der Waals surface area contributed by atoms with Gasteiger partial charge in [0, 0.05) is 35.6 Å². The molecule has 0 saturated heterocycles. The largest absolute Gasteiger partial charge is 0.493 e. The smallest absolute Gasteiger partial charge is 0.126 e. The van der Waals surface area contributed by atoms with Crippen LogP contribution in [-0.4, -0.2) is 24.7 Å². The highest BCUT2D eigenvalue weighted by Gasteiger charge is 2.16. The maximum absolute atomic E-state index is 13.2. The van der Waals surface area contributed by atoms with Crippen LogP contribution >= 0.6 is 12.4 Å². The first-order valence-electron chi connectivity index (χ1n) is 9.01. The van der Waals surface area contributed by atoms with E-state index in [4.69, 9.17) is 4.74 Å².